The van der Waals surface area contributed by atoms with Crippen molar-refractivity contribution in [1.82, 2.24) is 5.32 Å². The van der Waals surface area contributed by atoms with E-state index in [9.17, 15) is 4.39 Å². The number of nitrogens with one attached hydrogen (secondary N) is 1. The van der Waals surface area contributed by atoms with Crippen LogP contribution in [0.3, 0.4) is 0 Å². The van der Waals surface area contributed by atoms with Crippen molar-refractivity contribution in [1.29, 1.82) is 0 Å². The maximum absolute atomic E-state index is 13.7. The number of ether oxygens (including phenoxy) is 2. The lowest BCUT2D eigenvalue weighted by atomic mass is 10.2. The van der Waals surface area contributed by atoms with E-state index in [1.54, 1.807) is 13.2 Å². The summed E-state index contributed by atoms with van der Waals surface area (Å²) in [5.74, 6) is -0.000829. The van der Waals surface area contributed by atoms with Crippen LogP contribution in [0.5, 0.6) is 5.75 Å². The predicted octanol–water partition coefficient (Wildman–Crippen LogP) is 2.74. The highest BCUT2D eigenvalue weighted by atomic mass is 19.1. The van der Waals surface area contributed by atoms with E-state index >= 15 is 0 Å². The Labute approximate surface area is 108 Å². The molecular formula is C14H22FNO2. The maximum atomic E-state index is 13.7. The zero-order chi connectivity index (χ0) is 13.4. The zero-order valence-electron chi connectivity index (χ0n) is 11.3. The van der Waals surface area contributed by atoms with Gasteiger partial charge >= 0.3 is 0 Å². The van der Waals surface area contributed by atoms with Gasteiger partial charge in [-0.25, -0.2) is 4.39 Å². The van der Waals surface area contributed by atoms with Crippen molar-refractivity contribution in [3.63, 3.8) is 0 Å². The first-order chi connectivity index (χ1) is 8.69. The molecule has 0 radical (unpaired) electrons. The molecule has 1 atom stereocenters. The molecule has 4 heteroatoms. The Morgan fingerprint density at radius 1 is 1.39 bits per heavy atom. The van der Waals surface area contributed by atoms with Gasteiger partial charge in [0.2, 0.25) is 0 Å². The summed E-state index contributed by atoms with van der Waals surface area (Å²) in [6.45, 7) is 5.84. The minimum absolute atomic E-state index is 0.0546. The smallest absolute Gasteiger partial charge is 0.165 e. The summed E-state index contributed by atoms with van der Waals surface area (Å²) in [4.78, 5) is 0. The summed E-state index contributed by atoms with van der Waals surface area (Å²) in [5, 5.41) is 3.24. The van der Waals surface area contributed by atoms with Gasteiger partial charge in [0.1, 0.15) is 6.61 Å². The first-order valence-electron chi connectivity index (χ1n) is 6.32. The van der Waals surface area contributed by atoms with Crippen molar-refractivity contribution >= 4 is 0 Å². The summed E-state index contributed by atoms with van der Waals surface area (Å²) >= 11 is 0. The Hall–Kier alpha value is -1.13. The van der Waals surface area contributed by atoms with Crippen LogP contribution in [0, 0.1) is 5.82 Å². The maximum Gasteiger partial charge on any atom is 0.165 e. The molecule has 0 aliphatic carbocycles. The number of rotatable bonds is 8. The Bertz CT molecular complexity index is 358. The molecule has 1 N–H and O–H groups in total. The fourth-order valence-corrected chi connectivity index (χ4v) is 1.52. The number of halogens is 1. The molecule has 1 aromatic rings. The minimum atomic E-state index is -0.325. The normalized spacial score (nSPS) is 12.4. The molecule has 0 aromatic heterocycles. The van der Waals surface area contributed by atoms with Gasteiger partial charge in [-0.3, -0.25) is 0 Å². The molecule has 0 saturated heterocycles. The van der Waals surface area contributed by atoms with Crippen LogP contribution in [0.4, 0.5) is 4.39 Å². The molecule has 18 heavy (non-hydrogen) atoms. The largest absolute Gasteiger partial charge is 0.487 e. The molecular weight excluding hydrogens is 233 g/mol. The molecule has 0 heterocycles. The minimum Gasteiger partial charge on any atom is -0.487 e. The van der Waals surface area contributed by atoms with E-state index in [4.69, 9.17) is 9.47 Å². The fraction of sp³-hybridized carbons (Fsp3) is 0.571. The molecule has 0 saturated carbocycles. The number of benzene rings is 1. The van der Waals surface area contributed by atoms with Crippen LogP contribution in [0.1, 0.15) is 25.8 Å². The first-order valence-corrected chi connectivity index (χ1v) is 6.32. The van der Waals surface area contributed by atoms with Gasteiger partial charge < -0.3 is 14.8 Å². The molecule has 0 aliphatic heterocycles. The van der Waals surface area contributed by atoms with Gasteiger partial charge in [0.15, 0.2) is 11.6 Å². The van der Waals surface area contributed by atoms with E-state index in [0.29, 0.717) is 18.9 Å². The molecule has 102 valence electrons. The molecule has 1 rings (SSSR count). The molecule has 1 aromatic carbocycles. The third kappa shape index (κ3) is 4.63. The first kappa shape index (κ1) is 14.9. The molecule has 0 amide bonds. The molecule has 0 fully saturated rings. The Morgan fingerprint density at radius 3 is 2.83 bits per heavy atom. The number of methoxy groups -OCH3 is 1. The van der Waals surface area contributed by atoms with Crippen LogP contribution in [-0.2, 0) is 11.3 Å². The van der Waals surface area contributed by atoms with Crippen LogP contribution >= 0.6 is 0 Å². The monoisotopic (exact) mass is 255 g/mol. The Kier molecular flexibility index (Phi) is 6.68. The lowest BCUT2D eigenvalue weighted by Crippen LogP contribution is -2.19. The summed E-state index contributed by atoms with van der Waals surface area (Å²) in [6, 6.07) is 4.99. The van der Waals surface area contributed by atoms with Crippen molar-refractivity contribution < 1.29 is 13.9 Å². The van der Waals surface area contributed by atoms with E-state index in [1.807, 2.05) is 13.0 Å². The van der Waals surface area contributed by atoms with E-state index in [2.05, 4.69) is 12.2 Å². The average molecular weight is 255 g/mol. The average Bonchev–Trinajstić information content (AvgIpc) is 2.38. The van der Waals surface area contributed by atoms with E-state index < -0.39 is 0 Å². The Balaban J connectivity index is 2.67. The second-order valence-corrected chi connectivity index (χ2v) is 4.26. The quantitative estimate of drug-likeness (QED) is 0.725. The molecule has 0 spiro atoms. The summed E-state index contributed by atoms with van der Waals surface area (Å²) in [5.41, 5.74) is 0.840. The van der Waals surface area contributed by atoms with Crippen LogP contribution in [-0.4, -0.2) is 26.4 Å². The summed E-state index contributed by atoms with van der Waals surface area (Å²) in [7, 11) is 1.61. The highest BCUT2D eigenvalue weighted by Gasteiger charge is 2.11. The van der Waals surface area contributed by atoms with Crippen molar-refractivity contribution in [3.8, 4) is 5.75 Å². The van der Waals surface area contributed by atoms with Crippen molar-refractivity contribution in [2.75, 3.05) is 20.3 Å². The molecule has 0 bridgehead atoms. The van der Waals surface area contributed by atoms with Crippen molar-refractivity contribution in [2.24, 2.45) is 0 Å². The SMILES string of the molecule is CCCNCc1cccc(F)c1OCC(C)OC. The van der Waals surface area contributed by atoms with Gasteiger partial charge in [-0.15, -0.1) is 0 Å². The van der Waals surface area contributed by atoms with Crippen LogP contribution in [0.15, 0.2) is 18.2 Å². The number of para-hydroxylation sites is 1. The lowest BCUT2D eigenvalue weighted by Gasteiger charge is -2.15. The lowest BCUT2D eigenvalue weighted by molar-refractivity contribution is 0.0697. The van der Waals surface area contributed by atoms with Crippen molar-refractivity contribution in [2.45, 2.75) is 32.9 Å². The molecule has 0 aliphatic rings. The standard InChI is InChI=1S/C14H22FNO2/c1-4-8-16-9-12-6-5-7-13(15)14(12)18-10-11(2)17-3/h5-7,11,16H,4,8-10H2,1-3H3. The fourth-order valence-electron chi connectivity index (χ4n) is 1.52. The Morgan fingerprint density at radius 2 is 2.17 bits per heavy atom. The number of hydrogen-bond acceptors (Lipinski definition) is 3. The molecule has 3 nitrogen and oxygen atoms in total. The highest BCUT2D eigenvalue weighted by Crippen LogP contribution is 2.22. The van der Waals surface area contributed by atoms with Gasteiger partial charge in [0, 0.05) is 19.2 Å². The second kappa shape index (κ2) is 8.06. The third-order valence-corrected chi connectivity index (χ3v) is 2.66. The van der Waals surface area contributed by atoms with E-state index in [0.717, 1.165) is 18.5 Å². The van der Waals surface area contributed by atoms with E-state index in [1.165, 1.54) is 6.07 Å². The number of hydrogen-bond donors (Lipinski definition) is 1. The zero-order valence-corrected chi connectivity index (χ0v) is 11.3. The van der Waals surface area contributed by atoms with Gasteiger partial charge in [-0.05, 0) is 26.0 Å². The van der Waals surface area contributed by atoms with Crippen molar-refractivity contribution in [3.05, 3.63) is 29.6 Å². The third-order valence-electron chi connectivity index (χ3n) is 2.66. The van der Waals surface area contributed by atoms with Crippen LogP contribution < -0.4 is 10.1 Å². The van der Waals surface area contributed by atoms with Crippen LogP contribution in [0.2, 0.25) is 0 Å². The van der Waals surface area contributed by atoms with Gasteiger partial charge in [0.05, 0.1) is 6.10 Å². The summed E-state index contributed by atoms with van der Waals surface area (Å²) < 4.78 is 24.3. The van der Waals surface area contributed by atoms with Crippen LogP contribution in [0.25, 0.3) is 0 Å². The second-order valence-electron chi connectivity index (χ2n) is 4.26. The van der Waals surface area contributed by atoms with Gasteiger partial charge in [-0.2, -0.15) is 0 Å². The predicted molar refractivity (Wildman–Crippen MR) is 70.4 cm³/mol. The van der Waals surface area contributed by atoms with Gasteiger partial charge in [-0.1, -0.05) is 19.1 Å². The van der Waals surface area contributed by atoms with E-state index in [-0.39, 0.29) is 11.9 Å². The topological polar surface area (TPSA) is 30.5 Å². The highest BCUT2D eigenvalue weighted by molar-refractivity contribution is 5.34. The molecule has 1 unspecified atom stereocenters. The summed E-state index contributed by atoms with van der Waals surface area (Å²) in [6.07, 6.45) is 0.993. The van der Waals surface area contributed by atoms with Gasteiger partial charge in [0.25, 0.3) is 0 Å².